The molecule has 106 valence electrons. The second-order valence-corrected chi connectivity index (χ2v) is 4.85. The number of hydrogen-bond acceptors (Lipinski definition) is 3. The lowest BCUT2D eigenvalue weighted by molar-refractivity contribution is 0.311. The van der Waals surface area contributed by atoms with Crippen molar-refractivity contribution < 1.29 is 4.74 Å². The number of hydrogen-bond donors (Lipinski definition) is 1. The second-order valence-electron chi connectivity index (χ2n) is 4.85. The molecule has 2 aromatic rings. The van der Waals surface area contributed by atoms with Crippen LogP contribution < -0.4 is 10.5 Å². The highest BCUT2D eigenvalue weighted by atomic mass is 16.5. The Morgan fingerprint density at radius 1 is 1.15 bits per heavy atom. The maximum atomic E-state index is 6.31. The van der Waals surface area contributed by atoms with Crippen molar-refractivity contribution in [2.45, 2.75) is 32.2 Å². The third-order valence-corrected chi connectivity index (χ3v) is 3.22. The fourth-order valence-corrected chi connectivity index (χ4v) is 2.14. The van der Waals surface area contributed by atoms with Crippen LogP contribution in [0.4, 0.5) is 0 Å². The number of pyridine rings is 1. The molecule has 0 spiro atoms. The molecular formula is C17H22N2O. The molecule has 3 heteroatoms. The molecule has 1 atom stereocenters. The van der Waals surface area contributed by atoms with Crippen LogP contribution in [-0.4, -0.2) is 11.6 Å². The second kappa shape index (κ2) is 7.65. The quantitative estimate of drug-likeness (QED) is 0.837. The minimum atomic E-state index is -0.0231. The Morgan fingerprint density at radius 2 is 1.95 bits per heavy atom. The molecule has 0 amide bonds. The fraction of sp³-hybridized carbons (Fsp3) is 0.353. The van der Waals surface area contributed by atoms with E-state index in [1.165, 1.54) is 0 Å². The average molecular weight is 270 g/mol. The average Bonchev–Trinajstić information content (AvgIpc) is 2.52. The molecule has 0 saturated carbocycles. The Hall–Kier alpha value is -1.87. The van der Waals surface area contributed by atoms with Gasteiger partial charge in [0.2, 0.25) is 0 Å². The number of rotatable bonds is 7. The van der Waals surface area contributed by atoms with Gasteiger partial charge in [-0.05, 0) is 37.5 Å². The standard InChI is InChI=1S/C17H22N2O/c1-2-13-20-17-9-4-3-8-15(17)16(18)11-10-14-7-5-6-12-19-14/h3-9,12,16H,2,10-11,13,18H2,1H3. The van der Waals surface area contributed by atoms with Crippen molar-refractivity contribution in [3.8, 4) is 5.75 Å². The van der Waals surface area contributed by atoms with Gasteiger partial charge in [-0.15, -0.1) is 0 Å². The first-order chi connectivity index (χ1) is 9.81. The first-order valence-electron chi connectivity index (χ1n) is 7.18. The summed E-state index contributed by atoms with van der Waals surface area (Å²) in [6.45, 7) is 2.83. The summed E-state index contributed by atoms with van der Waals surface area (Å²) in [5.41, 5.74) is 8.47. The predicted molar refractivity (Wildman–Crippen MR) is 81.7 cm³/mol. The van der Waals surface area contributed by atoms with Crippen molar-refractivity contribution in [2.75, 3.05) is 6.61 Å². The summed E-state index contributed by atoms with van der Waals surface area (Å²) in [5, 5.41) is 0. The fourth-order valence-electron chi connectivity index (χ4n) is 2.14. The molecule has 0 aliphatic rings. The molecule has 0 aliphatic carbocycles. The van der Waals surface area contributed by atoms with Gasteiger partial charge in [0.15, 0.2) is 0 Å². The lowest BCUT2D eigenvalue weighted by Crippen LogP contribution is -2.13. The minimum Gasteiger partial charge on any atom is -0.493 e. The van der Waals surface area contributed by atoms with Gasteiger partial charge in [-0.3, -0.25) is 4.98 Å². The molecule has 1 aromatic carbocycles. The van der Waals surface area contributed by atoms with Crippen LogP contribution in [0, 0.1) is 0 Å². The highest BCUT2D eigenvalue weighted by Gasteiger charge is 2.12. The minimum absolute atomic E-state index is 0.0231. The number of para-hydroxylation sites is 1. The summed E-state index contributed by atoms with van der Waals surface area (Å²) >= 11 is 0. The molecule has 0 radical (unpaired) electrons. The monoisotopic (exact) mass is 270 g/mol. The first kappa shape index (κ1) is 14.5. The molecule has 0 bridgehead atoms. The number of nitrogens with two attached hydrogens (primary N) is 1. The van der Waals surface area contributed by atoms with Gasteiger partial charge < -0.3 is 10.5 Å². The van der Waals surface area contributed by atoms with Gasteiger partial charge in [-0.25, -0.2) is 0 Å². The Bertz CT molecular complexity index is 513. The van der Waals surface area contributed by atoms with Crippen LogP contribution in [0.5, 0.6) is 5.75 Å². The van der Waals surface area contributed by atoms with E-state index in [0.29, 0.717) is 0 Å². The summed E-state index contributed by atoms with van der Waals surface area (Å²) in [7, 11) is 0. The van der Waals surface area contributed by atoms with E-state index in [9.17, 15) is 0 Å². The maximum Gasteiger partial charge on any atom is 0.124 e. The Kier molecular flexibility index (Phi) is 5.56. The summed E-state index contributed by atoms with van der Waals surface area (Å²) in [4.78, 5) is 4.33. The number of ether oxygens (including phenoxy) is 1. The van der Waals surface area contributed by atoms with Crippen LogP contribution in [0.1, 0.15) is 37.1 Å². The van der Waals surface area contributed by atoms with E-state index in [1.807, 2.05) is 48.7 Å². The zero-order chi connectivity index (χ0) is 14.2. The maximum absolute atomic E-state index is 6.31. The number of nitrogens with zero attached hydrogens (tertiary/aromatic N) is 1. The third-order valence-electron chi connectivity index (χ3n) is 3.22. The van der Waals surface area contributed by atoms with Gasteiger partial charge in [0, 0.05) is 23.5 Å². The number of aryl methyl sites for hydroxylation is 1. The van der Waals surface area contributed by atoms with Gasteiger partial charge in [0.25, 0.3) is 0 Å². The van der Waals surface area contributed by atoms with Crippen LogP contribution in [0.15, 0.2) is 48.7 Å². The summed E-state index contributed by atoms with van der Waals surface area (Å²) in [6, 6.07) is 14.0. The van der Waals surface area contributed by atoms with Crippen molar-refractivity contribution in [3.63, 3.8) is 0 Å². The topological polar surface area (TPSA) is 48.1 Å². The summed E-state index contributed by atoms with van der Waals surface area (Å²) < 4.78 is 5.76. The summed E-state index contributed by atoms with van der Waals surface area (Å²) in [6.07, 6.45) is 4.56. The van der Waals surface area contributed by atoms with Crippen molar-refractivity contribution in [1.29, 1.82) is 0 Å². The Morgan fingerprint density at radius 3 is 2.70 bits per heavy atom. The van der Waals surface area contributed by atoms with E-state index in [-0.39, 0.29) is 6.04 Å². The molecule has 1 unspecified atom stereocenters. The highest BCUT2D eigenvalue weighted by Crippen LogP contribution is 2.26. The first-order valence-corrected chi connectivity index (χ1v) is 7.18. The zero-order valence-corrected chi connectivity index (χ0v) is 12.0. The molecule has 2 rings (SSSR count). The van der Waals surface area contributed by atoms with Crippen LogP contribution in [0.25, 0.3) is 0 Å². The number of aromatic nitrogens is 1. The molecule has 1 heterocycles. The van der Waals surface area contributed by atoms with Gasteiger partial charge in [0.05, 0.1) is 6.61 Å². The third kappa shape index (κ3) is 4.07. The normalized spacial score (nSPS) is 12.1. The Balaban J connectivity index is 1.99. The van der Waals surface area contributed by atoms with Gasteiger partial charge in [-0.2, -0.15) is 0 Å². The smallest absolute Gasteiger partial charge is 0.124 e. The molecule has 0 fully saturated rings. The van der Waals surface area contributed by atoms with Crippen molar-refractivity contribution in [2.24, 2.45) is 5.73 Å². The van der Waals surface area contributed by atoms with Crippen LogP contribution in [0.3, 0.4) is 0 Å². The zero-order valence-electron chi connectivity index (χ0n) is 12.0. The van der Waals surface area contributed by atoms with Crippen molar-refractivity contribution in [3.05, 3.63) is 59.9 Å². The van der Waals surface area contributed by atoms with E-state index in [1.54, 1.807) is 0 Å². The molecule has 0 saturated heterocycles. The van der Waals surface area contributed by atoms with E-state index >= 15 is 0 Å². The lowest BCUT2D eigenvalue weighted by atomic mass is 10.0. The van der Waals surface area contributed by atoms with Crippen molar-refractivity contribution >= 4 is 0 Å². The van der Waals surface area contributed by atoms with E-state index in [2.05, 4.69) is 11.9 Å². The van der Waals surface area contributed by atoms with Crippen LogP contribution in [0.2, 0.25) is 0 Å². The van der Waals surface area contributed by atoms with E-state index in [4.69, 9.17) is 10.5 Å². The van der Waals surface area contributed by atoms with Crippen LogP contribution >= 0.6 is 0 Å². The van der Waals surface area contributed by atoms with E-state index < -0.39 is 0 Å². The molecule has 1 aromatic heterocycles. The molecule has 2 N–H and O–H groups in total. The van der Waals surface area contributed by atoms with Gasteiger partial charge >= 0.3 is 0 Å². The lowest BCUT2D eigenvalue weighted by Gasteiger charge is -2.16. The van der Waals surface area contributed by atoms with Crippen molar-refractivity contribution in [1.82, 2.24) is 4.98 Å². The van der Waals surface area contributed by atoms with Gasteiger partial charge in [0.1, 0.15) is 5.75 Å². The predicted octanol–water partition coefficient (Wildman–Crippen LogP) is 3.50. The highest BCUT2D eigenvalue weighted by molar-refractivity contribution is 5.35. The van der Waals surface area contributed by atoms with Gasteiger partial charge in [-0.1, -0.05) is 31.2 Å². The van der Waals surface area contributed by atoms with E-state index in [0.717, 1.165) is 42.9 Å². The molecule has 3 nitrogen and oxygen atoms in total. The Labute approximate surface area is 120 Å². The van der Waals surface area contributed by atoms with Crippen LogP contribution in [-0.2, 0) is 6.42 Å². The summed E-state index contributed by atoms with van der Waals surface area (Å²) in [5.74, 6) is 0.905. The molecule has 0 aliphatic heterocycles. The SMILES string of the molecule is CCCOc1ccccc1C(N)CCc1ccccn1. The molecule has 20 heavy (non-hydrogen) atoms. The molecular weight excluding hydrogens is 248 g/mol. The largest absolute Gasteiger partial charge is 0.493 e. The number of benzene rings is 1.